The van der Waals surface area contributed by atoms with Gasteiger partial charge >= 0.3 is 5.97 Å². The van der Waals surface area contributed by atoms with Crippen LogP contribution in [0.25, 0.3) is 0 Å². The lowest BCUT2D eigenvalue weighted by molar-refractivity contribution is -0.171. The molecule has 1 aliphatic carbocycles. The van der Waals surface area contributed by atoms with E-state index in [4.69, 9.17) is 18.9 Å². The van der Waals surface area contributed by atoms with Crippen LogP contribution >= 0.6 is 12.4 Å². The van der Waals surface area contributed by atoms with Crippen molar-refractivity contribution in [3.63, 3.8) is 0 Å². The van der Waals surface area contributed by atoms with Crippen LogP contribution < -0.4 is 14.8 Å². The molecule has 8 heteroatoms. The van der Waals surface area contributed by atoms with Crippen LogP contribution in [-0.4, -0.2) is 52.6 Å². The number of carbonyl (C=O) groups is 1. The van der Waals surface area contributed by atoms with E-state index in [0.29, 0.717) is 25.8 Å². The molecule has 2 atom stereocenters. The Labute approximate surface area is 226 Å². The quantitative estimate of drug-likeness (QED) is 0.269. The summed E-state index contributed by atoms with van der Waals surface area (Å²) in [5.41, 5.74) is 2.62. The van der Waals surface area contributed by atoms with Gasteiger partial charge in [0.15, 0.2) is 11.5 Å². The molecular formula is C29H41ClFNO5. The monoisotopic (exact) mass is 537 g/mol. The van der Waals surface area contributed by atoms with Crippen molar-refractivity contribution < 1.29 is 28.1 Å². The number of halogens is 2. The summed E-state index contributed by atoms with van der Waals surface area (Å²) in [4.78, 5) is 12.6. The van der Waals surface area contributed by atoms with E-state index in [1.165, 1.54) is 18.7 Å². The number of ether oxygens (including phenoxy) is 4. The Morgan fingerprint density at radius 3 is 2.51 bits per heavy atom. The van der Waals surface area contributed by atoms with Gasteiger partial charge in [0.2, 0.25) is 0 Å². The van der Waals surface area contributed by atoms with Crippen LogP contribution in [0.15, 0.2) is 36.4 Å². The van der Waals surface area contributed by atoms with Crippen molar-refractivity contribution in [1.82, 2.24) is 5.32 Å². The SMILES string of the molecule is COCC(=O)O[C@@]1(CCNCCCc2ccc(OC)c(OC)c2)CCc2cc(F)ccc2[C@H]1C(C)C.Cl. The minimum absolute atomic E-state index is 0. The summed E-state index contributed by atoms with van der Waals surface area (Å²) >= 11 is 0. The van der Waals surface area contributed by atoms with Crippen molar-refractivity contribution in [2.75, 3.05) is 41.0 Å². The number of carbonyl (C=O) groups excluding carboxylic acids is 1. The van der Waals surface area contributed by atoms with E-state index in [1.807, 2.05) is 18.2 Å². The van der Waals surface area contributed by atoms with Gasteiger partial charge in [-0.2, -0.15) is 0 Å². The van der Waals surface area contributed by atoms with Crippen LogP contribution in [0.1, 0.15) is 55.7 Å². The predicted octanol–water partition coefficient (Wildman–Crippen LogP) is 5.49. The Morgan fingerprint density at radius 2 is 1.84 bits per heavy atom. The normalized spacial score (nSPS) is 18.6. The van der Waals surface area contributed by atoms with Crippen LogP contribution in [0.4, 0.5) is 4.39 Å². The molecule has 3 rings (SSSR count). The van der Waals surface area contributed by atoms with Crippen LogP contribution in [-0.2, 0) is 27.1 Å². The lowest BCUT2D eigenvalue weighted by Gasteiger charge is -2.46. The number of benzene rings is 2. The highest BCUT2D eigenvalue weighted by Gasteiger charge is 2.47. The van der Waals surface area contributed by atoms with Crippen molar-refractivity contribution in [3.05, 3.63) is 58.9 Å². The van der Waals surface area contributed by atoms with E-state index in [-0.39, 0.29) is 42.6 Å². The molecule has 0 aliphatic heterocycles. The van der Waals surface area contributed by atoms with Crippen LogP contribution in [0.2, 0.25) is 0 Å². The van der Waals surface area contributed by atoms with Gasteiger partial charge in [-0.1, -0.05) is 26.0 Å². The minimum Gasteiger partial charge on any atom is -0.493 e. The summed E-state index contributed by atoms with van der Waals surface area (Å²) < 4.78 is 35.9. The smallest absolute Gasteiger partial charge is 0.332 e. The molecule has 206 valence electrons. The fraction of sp³-hybridized carbons (Fsp3) is 0.552. The average molecular weight is 538 g/mol. The third-order valence-electron chi connectivity index (χ3n) is 7.06. The summed E-state index contributed by atoms with van der Waals surface area (Å²) in [5.74, 6) is 1.08. The first-order valence-electron chi connectivity index (χ1n) is 12.7. The van der Waals surface area contributed by atoms with E-state index >= 15 is 0 Å². The van der Waals surface area contributed by atoms with Gasteiger partial charge in [0.05, 0.1) is 14.2 Å². The van der Waals surface area contributed by atoms with E-state index in [1.54, 1.807) is 20.3 Å². The molecular weight excluding hydrogens is 497 g/mol. The van der Waals surface area contributed by atoms with Crippen molar-refractivity contribution in [3.8, 4) is 11.5 Å². The summed E-state index contributed by atoms with van der Waals surface area (Å²) in [6.07, 6.45) is 3.89. The van der Waals surface area contributed by atoms with E-state index < -0.39 is 5.60 Å². The number of aryl methyl sites for hydroxylation is 2. The number of hydrogen-bond donors (Lipinski definition) is 1. The first-order valence-corrected chi connectivity index (χ1v) is 12.7. The summed E-state index contributed by atoms with van der Waals surface area (Å²) in [5, 5.41) is 3.54. The van der Waals surface area contributed by atoms with E-state index in [9.17, 15) is 9.18 Å². The molecule has 0 bridgehead atoms. The lowest BCUT2D eigenvalue weighted by Crippen LogP contribution is -2.49. The fourth-order valence-corrected chi connectivity index (χ4v) is 5.54. The highest BCUT2D eigenvalue weighted by atomic mass is 35.5. The first-order chi connectivity index (χ1) is 17.3. The number of esters is 1. The fourth-order valence-electron chi connectivity index (χ4n) is 5.54. The van der Waals surface area contributed by atoms with Crippen LogP contribution in [0.3, 0.4) is 0 Å². The number of nitrogens with one attached hydrogen (secondary N) is 1. The van der Waals surface area contributed by atoms with Gasteiger partial charge in [-0.3, -0.25) is 0 Å². The van der Waals surface area contributed by atoms with E-state index in [2.05, 4.69) is 25.2 Å². The first kappa shape index (κ1) is 30.9. The highest BCUT2D eigenvalue weighted by molar-refractivity contribution is 5.85. The second-order valence-corrected chi connectivity index (χ2v) is 9.83. The molecule has 0 radical (unpaired) electrons. The number of fused-ring (bicyclic) bond motifs is 1. The third kappa shape index (κ3) is 7.82. The Hall–Kier alpha value is -2.35. The molecule has 1 N–H and O–H groups in total. The molecule has 0 amide bonds. The molecule has 0 aromatic heterocycles. The molecule has 0 unspecified atom stereocenters. The molecule has 0 saturated carbocycles. The Kier molecular flexibility index (Phi) is 12.1. The average Bonchev–Trinajstić information content (AvgIpc) is 2.85. The third-order valence-corrected chi connectivity index (χ3v) is 7.06. The van der Waals surface area contributed by atoms with Crippen molar-refractivity contribution in [1.29, 1.82) is 0 Å². The van der Waals surface area contributed by atoms with Gasteiger partial charge in [0, 0.05) is 19.4 Å². The molecule has 0 heterocycles. The summed E-state index contributed by atoms with van der Waals surface area (Å²) in [7, 11) is 4.77. The molecule has 2 aromatic rings. The van der Waals surface area contributed by atoms with Crippen LogP contribution in [0.5, 0.6) is 11.5 Å². The summed E-state index contributed by atoms with van der Waals surface area (Å²) in [6.45, 7) is 5.75. The minimum atomic E-state index is -0.662. The number of methoxy groups -OCH3 is 3. The lowest BCUT2D eigenvalue weighted by atomic mass is 9.65. The van der Waals surface area contributed by atoms with Gasteiger partial charge in [0.1, 0.15) is 18.0 Å². The zero-order chi connectivity index (χ0) is 26.1. The van der Waals surface area contributed by atoms with Gasteiger partial charge in [0.25, 0.3) is 0 Å². The maximum absolute atomic E-state index is 13.9. The zero-order valence-electron chi connectivity index (χ0n) is 22.6. The molecule has 37 heavy (non-hydrogen) atoms. The van der Waals surface area contributed by atoms with Crippen molar-refractivity contribution in [2.45, 2.75) is 57.5 Å². The van der Waals surface area contributed by atoms with Crippen LogP contribution in [0, 0.1) is 11.7 Å². The maximum Gasteiger partial charge on any atom is 0.332 e. The molecule has 1 aliphatic rings. The molecule has 0 spiro atoms. The van der Waals surface area contributed by atoms with Gasteiger partial charge in [-0.25, -0.2) is 9.18 Å². The predicted molar refractivity (Wildman–Crippen MR) is 146 cm³/mol. The van der Waals surface area contributed by atoms with Gasteiger partial charge in [-0.05, 0) is 85.6 Å². The van der Waals surface area contributed by atoms with E-state index in [0.717, 1.165) is 42.0 Å². The second kappa shape index (κ2) is 14.6. The topological polar surface area (TPSA) is 66.0 Å². The Balaban J connectivity index is 0.00000481. The number of hydrogen-bond acceptors (Lipinski definition) is 6. The molecule has 0 fully saturated rings. The summed E-state index contributed by atoms with van der Waals surface area (Å²) in [6, 6.07) is 11.0. The largest absolute Gasteiger partial charge is 0.493 e. The Morgan fingerprint density at radius 1 is 1.08 bits per heavy atom. The van der Waals surface area contributed by atoms with Gasteiger partial charge in [-0.15, -0.1) is 12.4 Å². The second-order valence-electron chi connectivity index (χ2n) is 9.83. The molecule has 6 nitrogen and oxygen atoms in total. The maximum atomic E-state index is 13.9. The standard InChI is InChI=1S/C29H40FNO5.ClH/c1-20(2)28-24-10-9-23(30)18-22(24)12-13-29(28,36-27(32)19-33-3)14-16-31-15-6-7-21-8-11-25(34-4)26(17-21)35-5;/h8-11,17-18,20,28,31H,6-7,12-16,19H2,1-5H3;1H/t28-,29-;/m1./s1. The Bertz CT molecular complexity index is 1020. The number of rotatable bonds is 13. The molecule has 2 aromatic carbocycles. The highest BCUT2D eigenvalue weighted by Crippen LogP contribution is 2.48. The molecule has 0 saturated heterocycles. The van der Waals surface area contributed by atoms with Crippen molar-refractivity contribution >= 4 is 18.4 Å². The zero-order valence-corrected chi connectivity index (χ0v) is 23.4. The van der Waals surface area contributed by atoms with Gasteiger partial charge < -0.3 is 24.3 Å². The van der Waals surface area contributed by atoms with Crippen molar-refractivity contribution in [2.24, 2.45) is 5.92 Å².